The van der Waals surface area contributed by atoms with Crippen molar-refractivity contribution in [3.8, 4) is 11.5 Å². The summed E-state index contributed by atoms with van der Waals surface area (Å²) in [6.07, 6.45) is 0. The second-order valence-corrected chi connectivity index (χ2v) is 4.11. The summed E-state index contributed by atoms with van der Waals surface area (Å²) in [6, 6.07) is 6.90. The number of hydrogen-bond donors (Lipinski definition) is 2. The maximum absolute atomic E-state index is 11.7. The molecule has 0 bridgehead atoms. The molecule has 8 heteroatoms. The molecule has 1 aromatic heterocycles. The van der Waals surface area contributed by atoms with Gasteiger partial charge in [-0.3, -0.25) is 4.79 Å². The van der Waals surface area contributed by atoms with Gasteiger partial charge in [0, 0.05) is 6.92 Å². The Morgan fingerprint density at radius 3 is 2.71 bits per heavy atom. The number of hydrogen-bond acceptors (Lipinski definition) is 6. The Hall–Kier alpha value is -2.74. The SMILES string of the molecule is Cc1nnc(-c2ccccc2NC(=O)COCC(=O)O)o1. The normalized spacial score (nSPS) is 10.3. The maximum Gasteiger partial charge on any atom is 0.329 e. The standard InChI is InChI=1S/C13H13N3O5/c1-8-15-16-13(21-8)9-4-2-3-5-10(9)14-11(17)6-20-7-12(18)19/h2-5H,6-7H2,1H3,(H,14,17)(H,18,19). The van der Waals surface area contributed by atoms with Gasteiger partial charge in [-0.05, 0) is 12.1 Å². The van der Waals surface area contributed by atoms with E-state index < -0.39 is 18.5 Å². The Labute approximate surface area is 119 Å². The molecule has 0 fully saturated rings. The van der Waals surface area contributed by atoms with Crippen LogP contribution in [0.15, 0.2) is 28.7 Å². The second kappa shape index (κ2) is 6.62. The first-order valence-electron chi connectivity index (χ1n) is 6.05. The number of carboxylic acid groups (broad SMARTS) is 1. The number of carboxylic acids is 1. The zero-order valence-electron chi connectivity index (χ0n) is 11.2. The van der Waals surface area contributed by atoms with Crippen LogP contribution in [0.25, 0.3) is 11.5 Å². The molecule has 1 aromatic carbocycles. The smallest absolute Gasteiger partial charge is 0.329 e. The number of rotatable bonds is 6. The first-order valence-corrected chi connectivity index (χ1v) is 6.05. The summed E-state index contributed by atoms with van der Waals surface area (Å²) < 4.78 is 10.0. The number of para-hydroxylation sites is 1. The van der Waals surface area contributed by atoms with Crippen LogP contribution in [-0.4, -0.2) is 40.4 Å². The predicted molar refractivity (Wildman–Crippen MR) is 71.6 cm³/mol. The Morgan fingerprint density at radius 1 is 1.29 bits per heavy atom. The van der Waals surface area contributed by atoms with Gasteiger partial charge >= 0.3 is 5.97 Å². The van der Waals surface area contributed by atoms with Gasteiger partial charge in [-0.15, -0.1) is 10.2 Å². The molecule has 2 aromatic rings. The molecular formula is C13H13N3O5. The topological polar surface area (TPSA) is 115 Å². The zero-order valence-corrected chi connectivity index (χ0v) is 11.2. The second-order valence-electron chi connectivity index (χ2n) is 4.11. The number of aromatic nitrogens is 2. The van der Waals surface area contributed by atoms with E-state index in [1.54, 1.807) is 31.2 Å². The van der Waals surface area contributed by atoms with Crippen molar-refractivity contribution in [3.05, 3.63) is 30.2 Å². The van der Waals surface area contributed by atoms with Gasteiger partial charge in [-0.25, -0.2) is 4.79 Å². The van der Waals surface area contributed by atoms with Crippen molar-refractivity contribution in [1.82, 2.24) is 10.2 Å². The van der Waals surface area contributed by atoms with Gasteiger partial charge in [0.15, 0.2) is 0 Å². The monoisotopic (exact) mass is 291 g/mol. The summed E-state index contributed by atoms with van der Waals surface area (Å²) in [7, 11) is 0. The minimum atomic E-state index is -1.13. The summed E-state index contributed by atoms with van der Waals surface area (Å²) >= 11 is 0. The molecule has 8 nitrogen and oxygen atoms in total. The highest BCUT2D eigenvalue weighted by Gasteiger charge is 2.13. The van der Waals surface area contributed by atoms with Crippen LogP contribution < -0.4 is 5.32 Å². The molecule has 21 heavy (non-hydrogen) atoms. The van der Waals surface area contributed by atoms with Crippen molar-refractivity contribution in [2.24, 2.45) is 0 Å². The van der Waals surface area contributed by atoms with E-state index >= 15 is 0 Å². The number of anilines is 1. The van der Waals surface area contributed by atoms with Crippen LogP contribution in [0.3, 0.4) is 0 Å². The van der Waals surface area contributed by atoms with Crippen LogP contribution in [0.5, 0.6) is 0 Å². The molecule has 1 amide bonds. The molecule has 0 radical (unpaired) electrons. The van der Waals surface area contributed by atoms with Crippen molar-refractivity contribution in [2.45, 2.75) is 6.92 Å². The molecule has 0 aliphatic rings. The van der Waals surface area contributed by atoms with E-state index in [2.05, 4.69) is 15.5 Å². The third kappa shape index (κ3) is 4.11. The van der Waals surface area contributed by atoms with E-state index in [1.807, 2.05) is 0 Å². The molecule has 0 spiro atoms. The Kier molecular flexibility index (Phi) is 4.62. The first-order chi connectivity index (χ1) is 10.1. The fraction of sp³-hybridized carbons (Fsp3) is 0.231. The van der Waals surface area contributed by atoms with Crippen LogP contribution in [0.1, 0.15) is 5.89 Å². The molecule has 2 N–H and O–H groups in total. The number of ether oxygens (including phenoxy) is 1. The van der Waals surface area contributed by atoms with Crippen molar-refractivity contribution in [1.29, 1.82) is 0 Å². The summed E-state index contributed by atoms with van der Waals surface area (Å²) in [5, 5.41) is 18.7. The molecule has 2 rings (SSSR count). The lowest BCUT2D eigenvalue weighted by atomic mass is 10.2. The third-order valence-electron chi connectivity index (χ3n) is 2.42. The lowest BCUT2D eigenvalue weighted by Crippen LogP contribution is -2.21. The van der Waals surface area contributed by atoms with E-state index in [9.17, 15) is 9.59 Å². The largest absolute Gasteiger partial charge is 0.480 e. The van der Waals surface area contributed by atoms with Crippen LogP contribution >= 0.6 is 0 Å². The molecule has 0 atom stereocenters. The minimum Gasteiger partial charge on any atom is -0.480 e. The summed E-state index contributed by atoms with van der Waals surface area (Å²) in [4.78, 5) is 22.0. The van der Waals surface area contributed by atoms with Gasteiger partial charge in [-0.1, -0.05) is 12.1 Å². The van der Waals surface area contributed by atoms with Gasteiger partial charge in [0.2, 0.25) is 17.7 Å². The van der Waals surface area contributed by atoms with E-state index in [-0.39, 0.29) is 12.5 Å². The molecule has 110 valence electrons. The van der Waals surface area contributed by atoms with Gasteiger partial charge in [-0.2, -0.15) is 0 Å². The highest BCUT2D eigenvalue weighted by molar-refractivity contribution is 5.95. The van der Waals surface area contributed by atoms with Crippen LogP contribution in [0.2, 0.25) is 0 Å². The lowest BCUT2D eigenvalue weighted by molar-refractivity contribution is -0.143. The van der Waals surface area contributed by atoms with Gasteiger partial charge in [0.25, 0.3) is 0 Å². The number of carbonyl (C=O) groups excluding carboxylic acids is 1. The van der Waals surface area contributed by atoms with Crippen molar-refractivity contribution in [3.63, 3.8) is 0 Å². The van der Waals surface area contributed by atoms with Gasteiger partial charge < -0.3 is 19.6 Å². The minimum absolute atomic E-state index is 0.287. The molecule has 0 aliphatic carbocycles. The number of carbonyl (C=O) groups is 2. The predicted octanol–water partition coefficient (Wildman–Crippen LogP) is 1.08. The first kappa shape index (κ1) is 14.7. The van der Waals surface area contributed by atoms with Gasteiger partial charge in [0.05, 0.1) is 11.3 Å². The number of nitrogens with zero attached hydrogens (tertiary/aromatic N) is 2. The average Bonchev–Trinajstić information content (AvgIpc) is 2.85. The fourth-order valence-electron chi connectivity index (χ4n) is 1.60. The molecule has 0 saturated heterocycles. The lowest BCUT2D eigenvalue weighted by Gasteiger charge is -2.08. The number of aliphatic carboxylic acids is 1. The maximum atomic E-state index is 11.7. The van der Waals surface area contributed by atoms with Gasteiger partial charge in [0.1, 0.15) is 13.2 Å². The quantitative estimate of drug-likeness (QED) is 0.818. The molecule has 0 saturated carbocycles. The average molecular weight is 291 g/mol. The van der Waals surface area contributed by atoms with Crippen molar-refractivity contribution in [2.75, 3.05) is 18.5 Å². The van der Waals surface area contributed by atoms with E-state index in [0.29, 0.717) is 17.1 Å². The van der Waals surface area contributed by atoms with Crippen LogP contribution in [0, 0.1) is 6.92 Å². The summed E-state index contributed by atoms with van der Waals surface area (Å²) in [6.45, 7) is 0.777. The number of amides is 1. The third-order valence-corrected chi connectivity index (χ3v) is 2.42. The fourth-order valence-corrected chi connectivity index (χ4v) is 1.60. The summed E-state index contributed by atoms with van der Waals surface area (Å²) in [5.41, 5.74) is 1.05. The molecular weight excluding hydrogens is 278 g/mol. The van der Waals surface area contributed by atoms with E-state index in [4.69, 9.17) is 14.3 Å². The zero-order chi connectivity index (χ0) is 15.2. The van der Waals surface area contributed by atoms with E-state index in [1.165, 1.54) is 0 Å². The van der Waals surface area contributed by atoms with Crippen LogP contribution in [-0.2, 0) is 14.3 Å². The highest BCUT2D eigenvalue weighted by Crippen LogP contribution is 2.26. The molecule has 0 aliphatic heterocycles. The number of benzene rings is 1. The van der Waals surface area contributed by atoms with Crippen LogP contribution in [0.4, 0.5) is 5.69 Å². The highest BCUT2D eigenvalue weighted by atomic mass is 16.5. The Bertz CT molecular complexity index is 653. The number of aryl methyl sites for hydroxylation is 1. The van der Waals surface area contributed by atoms with E-state index in [0.717, 1.165) is 0 Å². The van der Waals surface area contributed by atoms with Crippen molar-refractivity contribution >= 4 is 17.6 Å². The van der Waals surface area contributed by atoms with Crippen molar-refractivity contribution < 1.29 is 23.8 Å². The molecule has 1 heterocycles. The summed E-state index contributed by atoms with van der Waals surface area (Å²) in [5.74, 6) is -0.907. The molecule has 0 unspecified atom stereocenters. The Morgan fingerprint density at radius 2 is 2.05 bits per heavy atom. The Balaban J connectivity index is 2.07. The number of nitrogens with one attached hydrogen (secondary N) is 1.